The second-order valence-electron chi connectivity index (χ2n) is 5.34. The van der Waals surface area contributed by atoms with Crippen molar-refractivity contribution < 1.29 is 0 Å². The Balaban J connectivity index is 1.60. The van der Waals surface area contributed by atoms with Gasteiger partial charge in [-0.15, -0.1) is 0 Å². The summed E-state index contributed by atoms with van der Waals surface area (Å²) in [6, 6.07) is 16.7. The van der Waals surface area contributed by atoms with Gasteiger partial charge in [-0.25, -0.2) is 0 Å². The van der Waals surface area contributed by atoms with Crippen molar-refractivity contribution in [2.75, 3.05) is 23.3 Å². The molecule has 1 aliphatic rings. The zero-order valence-electron chi connectivity index (χ0n) is 11.7. The molecule has 0 amide bonds. The van der Waals surface area contributed by atoms with Gasteiger partial charge in [-0.2, -0.15) is 0 Å². The van der Waals surface area contributed by atoms with Crippen molar-refractivity contribution in [2.24, 2.45) is 0 Å². The van der Waals surface area contributed by atoms with Crippen LogP contribution in [0.2, 0.25) is 10.0 Å². The maximum atomic E-state index is 6.23. The topological polar surface area (TPSA) is 15.3 Å². The summed E-state index contributed by atoms with van der Waals surface area (Å²) in [6.45, 7) is 2.11. The van der Waals surface area contributed by atoms with Gasteiger partial charge >= 0.3 is 0 Å². The molecule has 2 nitrogen and oxygen atoms in total. The summed E-state index contributed by atoms with van der Waals surface area (Å²) in [7, 11) is 0. The van der Waals surface area contributed by atoms with E-state index in [2.05, 4.69) is 40.5 Å². The molecule has 0 bridgehead atoms. The molecular weight excluding hydrogens is 303 g/mol. The highest BCUT2D eigenvalue weighted by Gasteiger charge is 2.20. The molecule has 0 spiro atoms. The molecule has 1 fully saturated rings. The van der Waals surface area contributed by atoms with Crippen LogP contribution >= 0.6 is 23.2 Å². The highest BCUT2D eigenvalue weighted by Crippen LogP contribution is 2.31. The van der Waals surface area contributed by atoms with Crippen LogP contribution in [-0.4, -0.2) is 19.1 Å². The average Bonchev–Trinajstić information content (AvgIpc) is 2.53. The molecule has 3 rings (SSSR count). The first-order valence-electron chi connectivity index (χ1n) is 7.24. The molecule has 1 saturated heterocycles. The van der Waals surface area contributed by atoms with Crippen LogP contribution in [0, 0.1) is 0 Å². The van der Waals surface area contributed by atoms with Crippen LogP contribution in [0.5, 0.6) is 0 Å². The van der Waals surface area contributed by atoms with Gasteiger partial charge in [-0.3, -0.25) is 0 Å². The molecular formula is C17H18Cl2N2. The van der Waals surface area contributed by atoms with E-state index >= 15 is 0 Å². The van der Waals surface area contributed by atoms with Gasteiger partial charge in [0.05, 0.1) is 15.7 Å². The third kappa shape index (κ3) is 3.45. The molecule has 4 heteroatoms. The summed E-state index contributed by atoms with van der Waals surface area (Å²) in [4.78, 5) is 2.43. The molecule has 0 saturated carbocycles. The molecule has 1 heterocycles. The fourth-order valence-electron chi connectivity index (χ4n) is 2.76. The Hall–Kier alpha value is -1.38. The number of anilines is 2. The van der Waals surface area contributed by atoms with Crippen LogP contribution in [0.25, 0.3) is 0 Å². The van der Waals surface area contributed by atoms with Crippen LogP contribution in [0.1, 0.15) is 12.8 Å². The van der Waals surface area contributed by atoms with E-state index in [1.165, 1.54) is 5.69 Å². The first-order chi connectivity index (χ1) is 10.2. The van der Waals surface area contributed by atoms with E-state index in [1.54, 1.807) is 0 Å². The minimum absolute atomic E-state index is 0.445. The number of nitrogens with zero attached hydrogens (tertiary/aromatic N) is 1. The molecule has 0 radical (unpaired) electrons. The summed E-state index contributed by atoms with van der Waals surface area (Å²) >= 11 is 12.3. The van der Waals surface area contributed by atoms with Gasteiger partial charge in [0, 0.05) is 24.8 Å². The summed E-state index contributed by atoms with van der Waals surface area (Å²) in [5.74, 6) is 0. The average molecular weight is 321 g/mol. The van der Waals surface area contributed by atoms with Crippen molar-refractivity contribution in [3.63, 3.8) is 0 Å². The van der Waals surface area contributed by atoms with E-state index < -0.39 is 0 Å². The molecule has 1 N–H and O–H groups in total. The molecule has 0 unspecified atom stereocenters. The van der Waals surface area contributed by atoms with Crippen LogP contribution in [0.3, 0.4) is 0 Å². The van der Waals surface area contributed by atoms with Gasteiger partial charge in [-0.1, -0.05) is 47.5 Å². The van der Waals surface area contributed by atoms with Crippen molar-refractivity contribution in [3.8, 4) is 0 Å². The van der Waals surface area contributed by atoms with Crippen LogP contribution in [0.15, 0.2) is 48.5 Å². The van der Waals surface area contributed by atoms with Gasteiger partial charge in [0.25, 0.3) is 0 Å². The zero-order valence-corrected chi connectivity index (χ0v) is 13.2. The molecule has 1 aliphatic heterocycles. The Morgan fingerprint density at radius 1 is 0.905 bits per heavy atom. The summed E-state index contributed by atoms with van der Waals surface area (Å²) < 4.78 is 0. The molecule has 0 aliphatic carbocycles. The van der Waals surface area contributed by atoms with Crippen LogP contribution in [-0.2, 0) is 0 Å². The number of piperidine rings is 1. The Labute approximate surface area is 135 Å². The monoisotopic (exact) mass is 320 g/mol. The quantitative estimate of drug-likeness (QED) is 0.848. The van der Waals surface area contributed by atoms with Crippen molar-refractivity contribution >= 4 is 34.6 Å². The maximum Gasteiger partial charge on any atom is 0.0823 e. The Kier molecular flexibility index (Phi) is 4.57. The Bertz CT molecular complexity index is 593. The largest absolute Gasteiger partial charge is 0.381 e. The Morgan fingerprint density at radius 2 is 1.62 bits per heavy atom. The molecule has 110 valence electrons. The minimum atomic E-state index is 0.445. The highest BCUT2D eigenvalue weighted by atomic mass is 35.5. The van der Waals surface area contributed by atoms with Crippen LogP contribution in [0.4, 0.5) is 11.4 Å². The molecule has 0 atom stereocenters. The van der Waals surface area contributed by atoms with Gasteiger partial charge in [0.1, 0.15) is 0 Å². The van der Waals surface area contributed by atoms with Crippen molar-refractivity contribution in [1.29, 1.82) is 0 Å². The summed E-state index contributed by atoms with van der Waals surface area (Å²) in [6.07, 6.45) is 2.19. The predicted molar refractivity (Wildman–Crippen MR) is 91.8 cm³/mol. The first kappa shape index (κ1) is 14.6. The standard InChI is InChI=1S/C17H18Cl2N2/c18-15-7-4-8-16(17(15)19)20-13-9-11-21(12-10-13)14-5-2-1-3-6-14/h1-8,13,20H,9-12H2. The normalized spacial score (nSPS) is 16.0. The van der Waals surface area contributed by atoms with E-state index in [1.807, 2.05) is 18.2 Å². The lowest BCUT2D eigenvalue weighted by atomic mass is 10.0. The highest BCUT2D eigenvalue weighted by molar-refractivity contribution is 6.43. The lowest BCUT2D eigenvalue weighted by Gasteiger charge is -2.34. The predicted octanol–water partition coefficient (Wildman–Crippen LogP) is 5.07. The fourth-order valence-corrected chi connectivity index (χ4v) is 3.11. The third-order valence-electron chi connectivity index (χ3n) is 3.93. The number of hydrogen-bond donors (Lipinski definition) is 1. The van der Waals surface area contributed by atoms with Gasteiger partial charge in [0.15, 0.2) is 0 Å². The molecule has 2 aromatic rings. The molecule has 21 heavy (non-hydrogen) atoms. The zero-order chi connectivity index (χ0) is 14.7. The smallest absolute Gasteiger partial charge is 0.0823 e. The Morgan fingerprint density at radius 3 is 2.33 bits per heavy atom. The lowest BCUT2D eigenvalue weighted by Crippen LogP contribution is -2.39. The van der Waals surface area contributed by atoms with Gasteiger partial charge < -0.3 is 10.2 Å². The summed E-state index contributed by atoms with van der Waals surface area (Å²) in [5, 5.41) is 4.73. The van der Waals surface area contributed by atoms with Gasteiger partial charge in [0.2, 0.25) is 0 Å². The fraction of sp³-hybridized carbons (Fsp3) is 0.294. The van der Waals surface area contributed by atoms with E-state index in [0.29, 0.717) is 16.1 Å². The first-order valence-corrected chi connectivity index (χ1v) is 8.00. The maximum absolute atomic E-state index is 6.23. The number of halogens is 2. The van der Waals surface area contributed by atoms with Crippen molar-refractivity contribution in [2.45, 2.75) is 18.9 Å². The number of benzene rings is 2. The number of hydrogen-bond acceptors (Lipinski definition) is 2. The van der Waals surface area contributed by atoms with E-state index in [9.17, 15) is 0 Å². The third-order valence-corrected chi connectivity index (χ3v) is 4.75. The number of para-hydroxylation sites is 1. The van der Waals surface area contributed by atoms with Crippen LogP contribution < -0.4 is 10.2 Å². The number of rotatable bonds is 3. The van der Waals surface area contributed by atoms with Gasteiger partial charge in [-0.05, 0) is 37.1 Å². The van der Waals surface area contributed by atoms with Crippen molar-refractivity contribution in [1.82, 2.24) is 0 Å². The second kappa shape index (κ2) is 6.59. The molecule has 2 aromatic carbocycles. The van der Waals surface area contributed by atoms with E-state index in [-0.39, 0.29) is 0 Å². The SMILES string of the molecule is Clc1cccc(NC2CCN(c3ccccc3)CC2)c1Cl. The summed E-state index contributed by atoms with van der Waals surface area (Å²) in [5.41, 5.74) is 2.24. The molecule has 0 aromatic heterocycles. The number of nitrogens with one attached hydrogen (secondary N) is 1. The minimum Gasteiger partial charge on any atom is -0.381 e. The second-order valence-corrected chi connectivity index (χ2v) is 6.13. The van der Waals surface area contributed by atoms with Crippen molar-refractivity contribution in [3.05, 3.63) is 58.6 Å². The van der Waals surface area contributed by atoms with E-state index in [0.717, 1.165) is 31.6 Å². The van der Waals surface area contributed by atoms with E-state index in [4.69, 9.17) is 23.2 Å². The lowest BCUT2D eigenvalue weighted by molar-refractivity contribution is 0.527.